The number of carbonyl (C=O) groups excluding carboxylic acids is 4. The van der Waals surface area contributed by atoms with Gasteiger partial charge in [-0.2, -0.15) is 4.98 Å². The van der Waals surface area contributed by atoms with Crippen molar-refractivity contribution in [2.75, 3.05) is 94.7 Å². The maximum Gasteiger partial charge on any atom is 0.270 e. The standard InChI is InChI=1S/C42H50F2N12O4/c1-50(2)41(60)33-21-26-23-46-42(49-38(26)56(33)27-5-3-4-6-27)47-34-9-7-28(24-45-34)53-17-13-51(14-18-53)11-12-52-15-19-54(20-16-52)37-31(43)22-29-30(36(37)44)25-55(40(29)59)32-8-10-35(57)48-39(32)58/h7,9,21-24,27,32H,3-6,8,10-20,25H2,1-2H3,(H,48,57,58)(H,45,46,47,49). The third-order valence-corrected chi connectivity index (χ3v) is 12.7. The number of hydrogen-bond acceptors (Lipinski definition) is 12. The molecule has 3 saturated heterocycles. The molecule has 1 saturated carbocycles. The lowest BCUT2D eigenvalue weighted by Gasteiger charge is -2.39. The fourth-order valence-electron chi connectivity index (χ4n) is 9.37. The molecule has 4 aliphatic heterocycles. The van der Waals surface area contributed by atoms with Gasteiger partial charge in [-0.15, -0.1) is 0 Å². The van der Waals surface area contributed by atoms with Crippen LogP contribution in [0.5, 0.6) is 0 Å². The van der Waals surface area contributed by atoms with E-state index in [1.807, 2.05) is 18.3 Å². The van der Waals surface area contributed by atoms with E-state index in [4.69, 9.17) is 4.98 Å². The molecule has 7 heterocycles. The van der Waals surface area contributed by atoms with Crippen LogP contribution in [0, 0.1) is 11.6 Å². The second-order valence-electron chi connectivity index (χ2n) is 16.6. The number of nitrogens with one attached hydrogen (secondary N) is 2. The maximum atomic E-state index is 15.9. The first-order valence-electron chi connectivity index (χ1n) is 20.9. The van der Waals surface area contributed by atoms with Crippen LogP contribution in [0.25, 0.3) is 11.0 Å². The number of carbonyl (C=O) groups is 4. The smallest absolute Gasteiger partial charge is 0.270 e. The number of anilines is 4. The molecule has 0 radical (unpaired) electrons. The van der Waals surface area contributed by atoms with Gasteiger partial charge >= 0.3 is 0 Å². The van der Waals surface area contributed by atoms with Gasteiger partial charge in [-0.1, -0.05) is 12.8 Å². The molecule has 9 rings (SSSR count). The van der Waals surface area contributed by atoms with Gasteiger partial charge in [-0.05, 0) is 43.5 Å². The molecule has 1 unspecified atom stereocenters. The van der Waals surface area contributed by atoms with Crippen molar-refractivity contribution in [3.05, 3.63) is 65.1 Å². The number of piperidine rings is 1. The van der Waals surface area contributed by atoms with Gasteiger partial charge in [-0.3, -0.25) is 34.3 Å². The summed E-state index contributed by atoms with van der Waals surface area (Å²) in [6.45, 7) is 7.26. The largest absolute Gasteiger partial charge is 0.368 e. The van der Waals surface area contributed by atoms with Gasteiger partial charge in [0.25, 0.3) is 11.8 Å². The van der Waals surface area contributed by atoms with Crippen LogP contribution in [-0.4, -0.2) is 148 Å². The van der Waals surface area contributed by atoms with Crippen LogP contribution in [0.4, 0.5) is 31.9 Å². The minimum absolute atomic E-state index is 0.0437. The van der Waals surface area contributed by atoms with Gasteiger partial charge in [0.2, 0.25) is 17.8 Å². The first-order chi connectivity index (χ1) is 29.0. The Morgan fingerprint density at radius 1 is 0.883 bits per heavy atom. The van der Waals surface area contributed by atoms with Crippen LogP contribution in [0.1, 0.15) is 71.0 Å². The molecule has 1 atom stereocenters. The van der Waals surface area contributed by atoms with E-state index in [0.717, 1.165) is 87.7 Å². The summed E-state index contributed by atoms with van der Waals surface area (Å²) >= 11 is 0. The molecule has 3 aromatic heterocycles. The van der Waals surface area contributed by atoms with E-state index in [1.54, 1.807) is 30.1 Å². The first kappa shape index (κ1) is 39.7. The van der Waals surface area contributed by atoms with Crippen LogP contribution < -0.4 is 20.4 Å². The summed E-state index contributed by atoms with van der Waals surface area (Å²) in [6.07, 6.45) is 8.18. The van der Waals surface area contributed by atoms with Crippen LogP contribution in [0.2, 0.25) is 0 Å². The van der Waals surface area contributed by atoms with Gasteiger partial charge in [0.1, 0.15) is 34.7 Å². The summed E-state index contributed by atoms with van der Waals surface area (Å²) in [7, 11) is 3.53. The zero-order valence-electron chi connectivity index (χ0n) is 34.0. The Bertz CT molecular complexity index is 2320. The summed E-state index contributed by atoms with van der Waals surface area (Å²) in [6, 6.07) is 6.31. The molecule has 4 amide bonds. The van der Waals surface area contributed by atoms with E-state index in [2.05, 4.69) is 45.9 Å². The Labute approximate surface area is 346 Å². The highest BCUT2D eigenvalue weighted by molar-refractivity contribution is 6.05. The van der Waals surface area contributed by atoms with Gasteiger partial charge in [0.15, 0.2) is 5.82 Å². The number of amides is 4. The van der Waals surface area contributed by atoms with Crippen LogP contribution in [-0.2, 0) is 16.1 Å². The second kappa shape index (κ2) is 16.4. The minimum atomic E-state index is -0.895. The lowest BCUT2D eigenvalue weighted by molar-refractivity contribution is -0.136. The zero-order valence-corrected chi connectivity index (χ0v) is 34.0. The Balaban J connectivity index is 0.750. The topological polar surface area (TPSA) is 155 Å². The molecule has 1 aromatic carbocycles. The Kier molecular flexibility index (Phi) is 10.8. The van der Waals surface area contributed by atoms with Crippen molar-refractivity contribution in [1.82, 2.24) is 44.4 Å². The fourth-order valence-corrected chi connectivity index (χ4v) is 9.37. The van der Waals surface area contributed by atoms with Gasteiger partial charge in [0, 0.05) is 109 Å². The lowest BCUT2D eigenvalue weighted by Crippen LogP contribution is -2.52. The van der Waals surface area contributed by atoms with Crippen molar-refractivity contribution in [2.45, 2.75) is 57.2 Å². The quantitative estimate of drug-likeness (QED) is 0.226. The minimum Gasteiger partial charge on any atom is -0.368 e. The molecule has 0 spiro atoms. The zero-order chi connectivity index (χ0) is 41.7. The molecule has 316 valence electrons. The first-order valence-corrected chi connectivity index (χ1v) is 20.9. The molecule has 2 N–H and O–H groups in total. The third-order valence-electron chi connectivity index (χ3n) is 12.7. The van der Waals surface area contributed by atoms with Gasteiger partial charge < -0.3 is 29.5 Å². The molecule has 60 heavy (non-hydrogen) atoms. The van der Waals surface area contributed by atoms with Crippen LogP contribution >= 0.6 is 0 Å². The maximum absolute atomic E-state index is 15.9. The van der Waals surface area contributed by atoms with E-state index in [9.17, 15) is 19.2 Å². The molecule has 5 aliphatic rings. The normalized spacial score (nSPS) is 20.6. The number of rotatable bonds is 10. The van der Waals surface area contributed by atoms with E-state index >= 15 is 8.78 Å². The number of imide groups is 1. The van der Waals surface area contributed by atoms with Crippen molar-refractivity contribution in [3.8, 4) is 0 Å². The summed E-state index contributed by atoms with van der Waals surface area (Å²) in [5, 5.41) is 6.33. The molecule has 16 nitrogen and oxygen atoms in total. The SMILES string of the molecule is CN(C)C(=O)c1cc2cnc(Nc3ccc(N4CCN(CCN5CCN(c6c(F)cc7c(c6F)CN(C6CCC(=O)NC6=O)C7=O)CC5)CC4)cn3)nc2n1C1CCCC1. The van der Waals surface area contributed by atoms with E-state index < -0.39 is 35.4 Å². The average Bonchev–Trinajstić information content (AvgIpc) is 3.99. The summed E-state index contributed by atoms with van der Waals surface area (Å²) in [4.78, 5) is 75.9. The number of benzene rings is 1. The van der Waals surface area contributed by atoms with Crippen molar-refractivity contribution in [1.29, 1.82) is 0 Å². The molecule has 4 fully saturated rings. The molecule has 18 heteroatoms. The lowest BCUT2D eigenvalue weighted by atomic mass is 10.0. The number of fused-ring (bicyclic) bond motifs is 2. The Morgan fingerprint density at radius 2 is 1.58 bits per heavy atom. The highest BCUT2D eigenvalue weighted by atomic mass is 19.1. The van der Waals surface area contributed by atoms with Crippen LogP contribution in [0.3, 0.4) is 0 Å². The van der Waals surface area contributed by atoms with Crippen molar-refractivity contribution < 1.29 is 28.0 Å². The molecule has 1 aliphatic carbocycles. The highest BCUT2D eigenvalue weighted by Crippen LogP contribution is 2.37. The van der Waals surface area contributed by atoms with Gasteiger partial charge in [-0.25, -0.2) is 18.7 Å². The van der Waals surface area contributed by atoms with Gasteiger partial charge in [0.05, 0.1) is 24.0 Å². The number of piperazine rings is 2. The summed E-state index contributed by atoms with van der Waals surface area (Å²) < 4.78 is 33.5. The second-order valence-corrected chi connectivity index (χ2v) is 16.6. The molecular weight excluding hydrogens is 775 g/mol. The number of pyridine rings is 1. The predicted octanol–water partition coefficient (Wildman–Crippen LogP) is 3.37. The summed E-state index contributed by atoms with van der Waals surface area (Å²) in [5.74, 6) is -2.13. The number of aromatic nitrogens is 4. The van der Waals surface area contributed by atoms with E-state index in [0.29, 0.717) is 43.6 Å². The van der Waals surface area contributed by atoms with Crippen molar-refractivity contribution in [3.63, 3.8) is 0 Å². The number of nitrogens with zero attached hydrogens (tertiary/aromatic N) is 10. The third kappa shape index (κ3) is 7.61. The van der Waals surface area contributed by atoms with E-state index in [1.165, 1.54) is 4.90 Å². The fraction of sp³-hybridized carbons (Fsp3) is 0.500. The van der Waals surface area contributed by atoms with Crippen molar-refractivity contribution >= 4 is 57.8 Å². The highest BCUT2D eigenvalue weighted by Gasteiger charge is 2.42. The van der Waals surface area contributed by atoms with E-state index in [-0.39, 0.29) is 48.1 Å². The Morgan fingerprint density at radius 3 is 2.23 bits per heavy atom. The van der Waals surface area contributed by atoms with Crippen LogP contribution in [0.15, 0.2) is 36.7 Å². The average molecular weight is 825 g/mol. The molecular formula is C42H50F2N12O4. The predicted molar refractivity (Wildman–Crippen MR) is 220 cm³/mol. The van der Waals surface area contributed by atoms with Crippen molar-refractivity contribution in [2.24, 2.45) is 0 Å². The molecule has 4 aromatic rings. The number of hydrogen-bond donors (Lipinski definition) is 2. The molecule has 0 bridgehead atoms. The number of halogens is 2. The summed E-state index contributed by atoms with van der Waals surface area (Å²) in [5.41, 5.74) is 2.32. The monoisotopic (exact) mass is 824 g/mol. The Hall–Kier alpha value is -5.75.